The van der Waals surface area contributed by atoms with Gasteiger partial charge in [-0.2, -0.15) is 0 Å². The van der Waals surface area contributed by atoms with Gasteiger partial charge in [-0.15, -0.1) is 0 Å². The molecule has 20 heavy (non-hydrogen) atoms. The van der Waals surface area contributed by atoms with Crippen molar-refractivity contribution in [2.75, 3.05) is 45.1 Å². The lowest BCUT2D eigenvalue weighted by Crippen LogP contribution is -2.27. The summed E-state index contributed by atoms with van der Waals surface area (Å²) < 4.78 is 16.1. The van der Waals surface area contributed by atoms with E-state index in [9.17, 15) is 0 Å². The van der Waals surface area contributed by atoms with Crippen molar-refractivity contribution >= 4 is 31.9 Å². The van der Waals surface area contributed by atoms with Crippen LogP contribution in [0.1, 0.15) is 5.56 Å². The molecule has 0 saturated carbocycles. The predicted octanol–water partition coefficient (Wildman–Crippen LogP) is 3.30. The third-order valence-corrected chi connectivity index (χ3v) is 3.64. The molecule has 0 aliphatic heterocycles. The molecule has 0 saturated heterocycles. The van der Waals surface area contributed by atoms with E-state index >= 15 is 0 Å². The Bertz CT molecular complexity index is 384. The molecule has 1 rings (SSSR count). The van der Waals surface area contributed by atoms with Crippen LogP contribution in [0.2, 0.25) is 0 Å². The van der Waals surface area contributed by atoms with Gasteiger partial charge in [-0.25, -0.2) is 0 Å². The fourth-order valence-corrected chi connectivity index (χ4v) is 3.00. The second-order valence-electron chi connectivity index (χ2n) is 4.19. The molecule has 4 nitrogen and oxygen atoms in total. The van der Waals surface area contributed by atoms with E-state index in [-0.39, 0.29) is 0 Å². The molecule has 0 aliphatic rings. The van der Waals surface area contributed by atoms with Gasteiger partial charge in [0.1, 0.15) is 0 Å². The molecule has 0 aromatic heterocycles. The predicted molar refractivity (Wildman–Crippen MR) is 89.0 cm³/mol. The highest BCUT2D eigenvalue weighted by Gasteiger charge is 2.14. The number of benzene rings is 1. The number of hydrogen-bond donors (Lipinski definition) is 0. The van der Waals surface area contributed by atoms with Gasteiger partial charge in [0, 0.05) is 30.3 Å². The summed E-state index contributed by atoms with van der Waals surface area (Å²) in [6, 6.07) is 3.99. The number of rotatable bonds is 9. The van der Waals surface area contributed by atoms with E-state index < -0.39 is 0 Å². The highest BCUT2D eigenvalue weighted by molar-refractivity contribution is 9.09. The Balaban J connectivity index is 2.99. The van der Waals surface area contributed by atoms with Crippen molar-refractivity contribution in [2.45, 2.75) is 6.54 Å². The Morgan fingerprint density at radius 3 is 1.75 bits per heavy atom. The highest BCUT2D eigenvalue weighted by atomic mass is 79.9. The lowest BCUT2D eigenvalue weighted by Gasteiger charge is -2.21. The number of nitrogens with zero attached hydrogens (tertiary/aromatic N) is 1. The zero-order valence-corrected chi connectivity index (χ0v) is 15.3. The second-order valence-corrected chi connectivity index (χ2v) is 5.77. The third-order valence-electron chi connectivity index (χ3n) is 2.93. The van der Waals surface area contributed by atoms with Gasteiger partial charge in [-0.3, -0.25) is 4.90 Å². The van der Waals surface area contributed by atoms with Crippen molar-refractivity contribution in [1.82, 2.24) is 4.90 Å². The Morgan fingerprint density at radius 2 is 1.40 bits per heavy atom. The summed E-state index contributed by atoms with van der Waals surface area (Å²) in [7, 11) is 4.88. The van der Waals surface area contributed by atoms with Crippen molar-refractivity contribution in [3.63, 3.8) is 0 Å². The molecule has 0 atom stereocenters. The first-order chi connectivity index (χ1) is 9.69. The number of ether oxygens (including phenoxy) is 3. The lowest BCUT2D eigenvalue weighted by atomic mass is 10.1. The summed E-state index contributed by atoms with van der Waals surface area (Å²) in [5.74, 6) is 2.02. The van der Waals surface area contributed by atoms with Crippen LogP contribution in [0.3, 0.4) is 0 Å². The number of methoxy groups -OCH3 is 3. The smallest absolute Gasteiger partial charge is 0.203 e. The molecule has 0 spiro atoms. The maximum atomic E-state index is 5.38. The molecule has 0 bridgehead atoms. The standard InChI is InChI=1S/C14H21Br2NO3/c1-18-12-8-11(9-13(19-2)14(12)20-3)10-17(6-4-15)7-5-16/h8-9H,4-7,10H2,1-3H3. The van der Waals surface area contributed by atoms with Crippen LogP contribution in [-0.4, -0.2) is 50.0 Å². The van der Waals surface area contributed by atoms with E-state index in [1.54, 1.807) is 21.3 Å². The fraction of sp³-hybridized carbons (Fsp3) is 0.571. The molecule has 6 heteroatoms. The van der Waals surface area contributed by atoms with Crippen LogP contribution >= 0.6 is 31.9 Å². The molecule has 0 fully saturated rings. The first-order valence-electron chi connectivity index (χ1n) is 6.33. The zero-order valence-electron chi connectivity index (χ0n) is 12.1. The molecular formula is C14H21Br2NO3. The van der Waals surface area contributed by atoms with Crippen LogP contribution in [0.5, 0.6) is 17.2 Å². The van der Waals surface area contributed by atoms with E-state index in [1.165, 1.54) is 0 Å². The second kappa shape index (κ2) is 9.47. The first-order valence-corrected chi connectivity index (χ1v) is 8.57. The van der Waals surface area contributed by atoms with Crippen LogP contribution in [0.25, 0.3) is 0 Å². The molecule has 0 N–H and O–H groups in total. The normalized spacial score (nSPS) is 10.7. The van der Waals surface area contributed by atoms with Crippen molar-refractivity contribution in [3.05, 3.63) is 17.7 Å². The number of hydrogen-bond acceptors (Lipinski definition) is 4. The van der Waals surface area contributed by atoms with E-state index in [4.69, 9.17) is 14.2 Å². The van der Waals surface area contributed by atoms with E-state index in [2.05, 4.69) is 36.8 Å². The Hall–Kier alpha value is -0.460. The molecule has 0 unspecified atom stereocenters. The Morgan fingerprint density at radius 1 is 0.900 bits per heavy atom. The summed E-state index contributed by atoms with van der Waals surface area (Å²) in [4.78, 5) is 2.35. The quantitative estimate of drug-likeness (QED) is 0.584. The summed E-state index contributed by atoms with van der Waals surface area (Å²) in [5.41, 5.74) is 1.14. The molecule has 0 radical (unpaired) electrons. The minimum atomic E-state index is 0.631. The molecule has 1 aromatic carbocycles. The van der Waals surface area contributed by atoms with Gasteiger partial charge in [0.15, 0.2) is 11.5 Å². The maximum absolute atomic E-state index is 5.38. The fourth-order valence-electron chi connectivity index (χ4n) is 1.99. The SMILES string of the molecule is COc1cc(CN(CCBr)CCBr)cc(OC)c1OC. The Labute approximate surface area is 137 Å². The van der Waals surface area contributed by atoms with Crippen LogP contribution in [0.4, 0.5) is 0 Å². The molecule has 114 valence electrons. The van der Waals surface area contributed by atoms with E-state index in [0.717, 1.165) is 35.9 Å². The van der Waals surface area contributed by atoms with Crippen LogP contribution < -0.4 is 14.2 Å². The topological polar surface area (TPSA) is 30.9 Å². The lowest BCUT2D eigenvalue weighted by molar-refractivity contribution is 0.297. The van der Waals surface area contributed by atoms with Gasteiger partial charge in [0.2, 0.25) is 5.75 Å². The van der Waals surface area contributed by atoms with Gasteiger partial charge < -0.3 is 14.2 Å². The minimum Gasteiger partial charge on any atom is -0.493 e. The largest absolute Gasteiger partial charge is 0.493 e. The van der Waals surface area contributed by atoms with E-state index in [0.29, 0.717) is 17.2 Å². The van der Waals surface area contributed by atoms with Gasteiger partial charge >= 0.3 is 0 Å². The van der Waals surface area contributed by atoms with Crippen LogP contribution in [-0.2, 0) is 6.54 Å². The van der Waals surface area contributed by atoms with Gasteiger partial charge in [-0.1, -0.05) is 31.9 Å². The summed E-state index contributed by atoms with van der Waals surface area (Å²) >= 11 is 6.97. The zero-order chi connectivity index (χ0) is 15.0. The Kier molecular flexibility index (Phi) is 8.33. The van der Waals surface area contributed by atoms with Crippen LogP contribution in [0, 0.1) is 0 Å². The van der Waals surface area contributed by atoms with Crippen molar-refractivity contribution in [2.24, 2.45) is 0 Å². The average Bonchev–Trinajstić information content (AvgIpc) is 2.46. The monoisotopic (exact) mass is 409 g/mol. The van der Waals surface area contributed by atoms with E-state index in [1.807, 2.05) is 12.1 Å². The highest BCUT2D eigenvalue weighted by Crippen LogP contribution is 2.38. The van der Waals surface area contributed by atoms with Gasteiger partial charge in [0.25, 0.3) is 0 Å². The first kappa shape index (κ1) is 17.6. The molecular weight excluding hydrogens is 390 g/mol. The van der Waals surface area contributed by atoms with Gasteiger partial charge in [-0.05, 0) is 17.7 Å². The van der Waals surface area contributed by atoms with Crippen LogP contribution in [0.15, 0.2) is 12.1 Å². The van der Waals surface area contributed by atoms with Crippen molar-refractivity contribution in [1.29, 1.82) is 0 Å². The average molecular weight is 411 g/mol. The molecule has 0 aliphatic carbocycles. The molecule has 0 amide bonds. The minimum absolute atomic E-state index is 0.631. The maximum Gasteiger partial charge on any atom is 0.203 e. The number of alkyl halides is 2. The molecule has 0 heterocycles. The van der Waals surface area contributed by atoms with Gasteiger partial charge in [0.05, 0.1) is 21.3 Å². The van der Waals surface area contributed by atoms with Crippen molar-refractivity contribution in [3.8, 4) is 17.2 Å². The summed E-state index contributed by atoms with van der Waals surface area (Å²) in [5, 5.41) is 1.90. The number of halogens is 2. The molecule has 1 aromatic rings. The van der Waals surface area contributed by atoms with Crippen molar-refractivity contribution < 1.29 is 14.2 Å². The third kappa shape index (κ3) is 4.82. The summed E-state index contributed by atoms with van der Waals surface area (Å²) in [6.07, 6.45) is 0. The summed E-state index contributed by atoms with van der Waals surface area (Å²) in [6.45, 7) is 2.82.